The number of aromatic nitrogens is 2. The molecule has 0 fully saturated rings. The van der Waals surface area contributed by atoms with Crippen LogP contribution in [0.2, 0.25) is 0 Å². The molecule has 2 heterocycles. The summed E-state index contributed by atoms with van der Waals surface area (Å²) >= 11 is 0. The van der Waals surface area contributed by atoms with E-state index < -0.39 is 29.3 Å². The number of hydrogen-bond acceptors (Lipinski definition) is 5. The lowest BCUT2D eigenvalue weighted by Crippen LogP contribution is -2.35. The van der Waals surface area contributed by atoms with Crippen molar-refractivity contribution in [3.63, 3.8) is 0 Å². The average Bonchev–Trinajstić information content (AvgIpc) is 2.84. The largest absolute Gasteiger partial charge is 0.463 e. The number of nitrogens with zero attached hydrogens (tertiary/aromatic N) is 1. The van der Waals surface area contributed by atoms with E-state index in [0.717, 1.165) is 11.5 Å². The van der Waals surface area contributed by atoms with Crippen LogP contribution in [0.4, 0.5) is 4.39 Å². The Labute approximate surface area is 105 Å². The monoisotopic (exact) mass is 268 g/mol. The summed E-state index contributed by atoms with van der Waals surface area (Å²) in [6, 6.07) is 2.96. The molecule has 0 saturated carbocycles. The van der Waals surface area contributed by atoms with E-state index in [1.807, 2.05) is 0 Å². The Hall–Kier alpha value is -2.64. The summed E-state index contributed by atoms with van der Waals surface area (Å²) in [6.07, 6.45) is 0.669. The first-order chi connectivity index (χ1) is 8.99. The van der Waals surface area contributed by atoms with Gasteiger partial charge in [0.25, 0.3) is 5.56 Å². The molecule has 8 heteroatoms. The number of nitrogens with one attached hydrogen (secondary N) is 1. The molecule has 0 aromatic carbocycles. The summed E-state index contributed by atoms with van der Waals surface area (Å²) < 4.78 is 23.9. The van der Waals surface area contributed by atoms with Crippen LogP contribution in [-0.2, 0) is 9.53 Å². The third-order valence-corrected chi connectivity index (χ3v) is 2.24. The standard InChI is InChI=1S/C11H9FN2O5/c1-6(15)19-10(8-3-2-4-18-8)14-5-7(12)9(16)13-11(14)17/h2-5,10H,1H3,(H,13,16,17). The second kappa shape index (κ2) is 4.92. The first-order valence-corrected chi connectivity index (χ1v) is 5.20. The topological polar surface area (TPSA) is 94.3 Å². The van der Waals surface area contributed by atoms with Crippen LogP contribution in [0, 0.1) is 5.82 Å². The Bertz CT molecular complexity index is 701. The molecule has 0 radical (unpaired) electrons. The summed E-state index contributed by atoms with van der Waals surface area (Å²) in [5.41, 5.74) is -2.07. The van der Waals surface area contributed by atoms with Crippen molar-refractivity contribution in [2.24, 2.45) is 0 Å². The van der Waals surface area contributed by atoms with Gasteiger partial charge in [-0.15, -0.1) is 0 Å². The number of carbonyl (C=O) groups excluding carboxylic acids is 1. The van der Waals surface area contributed by atoms with Gasteiger partial charge in [-0.2, -0.15) is 4.39 Å². The van der Waals surface area contributed by atoms with Crippen LogP contribution in [-0.4, -0.2) is 15.5 Å². The van der Waals surface area contributed by atoms with Gasteiger partial charge in [0.1, 0.15) is 0 Å². The van der Waals surface area contributed by atoms with Gasteiger partial charge in [0.05, 0.1) is 12.5 Å². The Balaban J connectivity index is 2.56. The molecule has 0 bridgehead atoms. The SMILES string of the molecule is CC(=O)OC(c1ccco1)n1cc(F)c(=O)[nH]c1=O. The molecule has 19 heavy (non-hydrogen) atoms. The minimum Gasteiger partial charge on any atom is -0.463 e. The number of ether oxygens (including phenoxy) is 1. The molecule has 7 nitrogen and oxygen atoms in total. The molecule has 0 spiro atoms. The zero-order chi connectivity index (χ0) is 14.0. The van der Waals surface area contributed by atoms with Crippen molar-refractivity contribution < 1.29 is 18.3 Å². The lowest BCUT2D eigenvalue weighted by atomic mass is 10.4. The zero-order valence-corrected chi connectivity index (χ0v) is 9.75. The second-order valence-electron chi connectivity index (χ2n) is 3.62. The lowest BCUT2D eigenvalue weighted by Gasteiger charge is -2.16. The number of furan rings is 1. The third kappa shape index (κ3) is 2.62. The van der Waals surface area contributed by atoms with E-state index in [9.17, 15) is 18.8 Å². The number of rotatable bonds is 3. The highest BCUT2D eigenvalue weighted by atomic mass is 19.1. The maximum atomic E-state index is 13.2. The maximum Gasteiger partial charge on any atom is 0.331 e. The van der Waals surface area contributed by atoms with Gasteiger partial charge in [-0.05, 0) is 12.1 Å². The normalized spacial score (nSPS) is 12.1. The van der Waals surface area contributed by atoms with Crippen LogP contribution in [0.15, 0.2) is 38.6 Å². The average molecular weight is 268 g/mol. The van der Waals surface area contributed by atoms with Gasteiger partial charge in [0, 0.05) is 6.92 Å². The summed E-state index contributed by atoms with van der Waals surface area (Å²) in [5, 5.41) is 0. The van der Waals surface area contributed by atoms with Gasteiger partial charge in [0.15, 0.2) is 5.76 Å². The van der Waals surface area contributed by atoms with Gasteiger partial charge in [-0.25, -0.2) is 4.79 Å². The van der Waals surface area contributed by atoms with Crippen molar-refractivity contribution >= 4 is 5.97 Å². The number of aromatic amines is 1. The molecule has 0 aliphatic heterocycles. The zero-order valence-electron chi connectivity index (χ0n) is 9.75. The first kappa shape index (κ1) is 12.8. The highest BCUT2D eigenvalue weighted by Gasteiger charge is 2.22. The van der Waals surface area contributed by atoms with Gasteiger partial charge in [0.2, 0.25) is 12.0 Å². The van der Waals surface area contributed by atoms with Crippen LogP contribution in [0.25, 0.3) is 0 Å². The minimum absolute atomic E-state index is 0.115. The molecule has 1 atom stereocenters. The molecule has 1 unspecified atom stereocenters. The molecule has 0 aliphatic rings. The van der Waals surface area contributed by atoms with E-state index in [-0.39, 0.29) is 5.76 Å². The van der Waals surface area contributed by atoms with E-state index in [2.05, 4.69) is 0 Å². The Kier molecular flexibility index (Phi) is 3.32. The van der Waals surface area contributed by atoms with Crippen LogP contribution in [0.3, 0.4) is 0 Å². The predicted octanol–water partition coefficient (Wildman–Crippen LogP) is 0.379. The number of halogens is 1. The Morgan fingerprint density at radius 1 is 1.53 bits per heavy atom. The number of H-pyrrole nitrogens is 1. The van der Waals surface area contributed by atoms with Crippen molar-refractivity contribution in [3.8, 4) is 0 Å². The van der Waals surface area contributed by atoms with Crippen molar-refractivity contribution in [1.82, 2.24) is 9.55 Å². The van der Waals surface area contributed by atoms with Crippen molar-refractivity contribution in [2.45, 2.75) is 13.2 Å². The van der Waals surface area contributed by atoms with Crippen LogP contribution in [0.1, 0.15) is 18.9 Å². The van der Waals surface area contributed by atoms with E-state index in [1.54, 1.807) is 4.98 Å². The quantitative estimate of drug-likeness (QED) is 0.812. The highest BCUT2D eigenvalue weighted by Crippen LogP contribution is 2.18. The fourth-order valence-electron chi connectivity index (χ4n) is 1.48. The maximum absolute atomic E-state index is 13.2. The Morgan fingerprint density at radius 3 is 2.84 bits per heavy atom. The molecule has 0 aliphatic carbocycles. The summed E-state index contributed by atoms with van der Waals surface area (Å²) in [6.45, 7) is 1.13. The van der Waals surface area contributed by atoms with Gasteiger partial charge in [-0.3, -0.25) is 19.1 Å². The molecule has 100 valence electrons. The van der Waals surface area contributed by atoms with Crippen molar-refractivity contribution in [2.75, 3.05) is 0 Å². The molecule has 0 amide bonds. The fourth-order valence-corrected chi connectivity index (χ4v) is 1.48. The predicted molar refractivity (Wildman–Crippen MR) is 59.9 cm³/mol. The first-order valence-electron chi connectivity index (χ1n) is 5.20. The van der Waals surface area contributed by atoms with E-state index in [0.29, 0.717) is 6.20 Å². The molecule has 1 N–H and O–H groups in total. The molecule has 2 aromatic rings. The molecule has 2 rings (SSSR count). The minimum atomic E-state index is -1.29. The molecule has 2 aromatic heterocycles. The smallest absolute Gasteiger partial charge is 0.331 e. The van der Waals surface area contributed by atoms with Crippen molar-refractivity contribution in [3.05, 3.63) is 57.0 Å². The van der Waals surface area contributed by atoms with Gasteiger partial charge in [-0.1, -0.05) is 0 Å². The van der Waals surface area contributed by atoms with E-state index >= 15 is 0 Å². The van der Waals surface area contributed by atoms with Crippen LogP contribution >= 0.6 is 0 Å². The van der Waals surface area contributed by atoms with Crippen LogP contribution < -0.4 is 11.2 Å². The number of hydrogen-bond donors (Lipinski definition) is 1. The van der Waals surface area contributed by atoms with Gasteiger partial charge < -0.3 is 9.15 Å². The lowest BCUT2D eigenvalue weighted by molar-refractivity contribution is -0.149. The molecule has 0 saturated heterocycles. The van der Waals surface area contributed by atoms with E-state index in [4.69, 9.17) is 9.15 Å². The number of carbonyl (C=O) groups is 1. The highest BCUT2D eigenvalue weighted by molar-refractivity contribution is 5.66. The summed E-state index contributed by atoms with van der Waals surface area (Å²) in [5.74, 6) is -1.76. The second-order valence-corrected chi connectivity index (χ2v) is 3.62. The van der Waals surface area contributed by atoms with Crippen LogP contribution in [0.5, 0.6) is 0 Å². The summed E-state index contributed by atoms with van der Waals surface area (Å²) in [4.78, 5) is 35.4. The van der Waals surface area contributed by atoms with Crippen molar-refractivity contribution in [1.29, 1.82) is 0 Å². The Morgan fingerprint density at radius 2 is 2.26 bits per heavy atom. The fraction of sp³-hybridized carbons (Fsp3) is 0.182. The number of esters is 1. The van der Waals surface area contributed by atoms with E-state index in [1.165, 1.54) is 18.4 Å². The molecular formula is C11H9FN2O5. The summed E-state index contributed by atoms with van der Waals surface area (Å²) in [7, 11) is 0. The molecular weight excluding hydrogens is 259 g/mol. The van der Waals surface area contributed by atoms with Gasteiger partial charge >= 0.3 is 11.7 Å². The third-order valence-electron chi connectivity index (χ3n) is 2.24.